The molecular weight excluding hydrogens is 342 g/mol. The Morgan fingerprint density at radius 2 is 1.59 bits per heavy atom. The van der Waals surface area contributed by atoms with Gasteiger partial charge in [-0.05, 0) is 23.1 Å². The summed E-state index contributed by atoms with van der Waals surface area (Å²) in [5.74, 6) is 0.192. The third-order valence-corrected chi connectivity index (χ3v) is 4.46. The van der Waals surface area contributed by atoms with Crippen LogP contribution in [-0.2, 0) is 16.8 Å². The second kappa shape index (κ2) is 8.25. The average molecular weight is 369 g/mol. The van der Waals surface area contributed by atoms with Gasteiger partial charge in [0.1, 0.15) is 11.5 Å². The van der Waals surface area contributed by atoms with Crippen molar-refractivity contribution in [3.05, 3.63) is 59.2 Å². The first-order valence-electron chi connectivity index (χ1n) is 8.78. The molecule has 0 unspecified atom stereocenters. The van der Waals surface area contributed by atoms with Gasteiger partial charge in [-0.25, -0.2) is 0 Å². The zero-order chi connectivity index (χ0) is 20.2. The minimum atomic E-state index is -0.559. The Kier molecular flexibility index (Phi) is 6.26. The predicted molar refractivity (Wildman–Crippen MR) is 105 cm³/mol. The largest absolute Gasteiger partial charge is 0.497 e. The smallest absolute Gasteiger partial charge is 0.295 e. The lowest BCUT2D eigenvalue weighted by molar-refractivity contribution is -0.125. The molecule has 2 aromatic carbocycles. The van der Waals surface area contributed by atoms with Gasteiger partial charge in [0.15, 0.2) is 0 Å². The molecule has 0 spiro atoms. The molecular formula is C22H27NO4. The van der Waals surface area contributed by atoms with Gasteiger partial charge in [-0.3, -0.25) is 9.59 Å². The summed E-state index contributed by atoms with van der Waals surface area (Å²) in [6.45, 7) is 6.57. The quantitative estimate of drug-likeness (QED) is 0.573. The Morgan fingerprint density at radius 3 is 2.11 bits per heavy atom. The van der Waals surface area contributed by atoms with E-state index in [1.807, 2.05) is 18.2 Å². The summed E-state index contributed by atoms with van der Waals surface area (Å²) in [5, 5.41) is 0. The van der Waals surface area contributed by atoms with Crippen LogP contribution in [0.5, 0.6) is 11.5 Å². The summed E-state index contributed by atoms with van der Waals surface area (Å²) in [5.41, 5.74) is 2.29. The fourth-order valence-electron chi connectivity index (χ4n) is 2.73. The number of rotatable bonds is 6. The van der Waals surface area contributed by atoms with Gasteiger partial charge in [-0.15, -0.1) is 0 Å². The first-order valence-corrected chi connectivity index (χ1v) is 8.78. The molecule has 1 amide bonds. The molecule has 0 heterocycles. The van der Waals surface area contributed by atoms with Crippen molar-refractivity contribution in [2.24, 2.45) is 0 Å². The number of carbonyl (C=O) groups excluding carboxylic acids is 2. The number of ether oxygens (including phenoxy) is 2. The Bertz CT molecular complexity index is 819. The number of ketones is 1. The van der Waals surface area contributed by atoms with Crippen LogP contribution in [0.1, 0.15) is 42.3 Å². The summed E-state index contributed by atoms with van der Waals surface area (Å²) in [6, 6.07) is 12.6. The molecule has 2 rings (SSSR count). The first kappa shape index (κ1) is 20.5. The van der Waals surface area contributed by atoms with Crippen molar-refractivity contribution < 1.29 is 19.1 Å². The van der Waals surface area contributed by atoms with Crippen molar-refractivity contribution in [2.45, 2.75) is 32.7 Å². The number of methoxy groups -OCH3 is 2. The van der Waals surface area contributed by atoms with E-state index < -0.39 is 11.7 Å². The highest BCUT2D eigenvalue weighted by Crippen LogP contribution is 2.26. The number of Topliss-reactive ketones (excluding diaryl/α,β-unsaturated/α-hetero) is 1. The lowest BCUT2D eigenvalue weighted by Crippen LogP contribution is -2.33. The van der Waals surface area contributed by atoms with E-state index in [-0.39, 0.29) is 12.0 Å². The topological polar surface area (TPSA) is 55.8 Å². The van der Waals surface area contributed by atoms with Crippen LogP contribution in [-0.4, -0.2) is 37.9 Å². The molecule has 0 aromatic heterocycles. The molecule has 5 heteroatoms. The minimum absolute atomic E-state index is 0.00665. The molecule has 0 aliphatic carbocycles. The van der Waals surface area contributed by atoms with Crippen LogP contribution in [0.25, 0.3) is 0 Å². The molecule has 27 heavy (non-hydrogen) atoms. The van der Waals surface area contributed by atoms with Gasteiger partial charge in [0.25, 0.3) is 5.91 Å². The third-order valence-electron chi connectivity index (χ3n) is 4.46. The van der Waals surface area contributed by atoms with Crippen LogP contribution < -0.4 is 9.47 Å². The van der Waals surface area contributed by atoms with Crippen LogP contribution in [0.3, 0.4) is 0 Å². The third kappa shape index (κ3) is 4.88. The van der Waals surface area contributed by atoms with E-state index in [1.54, 1.807) is 45.5 Å². The molecule has 144 valence electrons. The summed E-state index contributed by atoms with van der Waals surface area (Å²) in [7, 11) is 4.74. The highest BCUT2D eigenvalue weighted by Gasteiger charge is 2.22. The van der Waals surface area contributed by atoms with Crippen molar-refractivity contribution >= 4 is 11.7 Å². The molecule has 0 N–H and O–H groups in total. The molecule has 0 saturated carbocycles. The molecule has 0 fully saturated rings. The number of carbonyl (C=O) groups is 2. The van der Waals surface area contributed by atoms with Crippen molar-refractivity contribution in [1.29, 1.82) is 0 Å². The predicted octanol–water partition coefficient (Wildman–Crippen LogP) is 3.84. The lowest BCUT2D eigenvalue weighted by atomic mass is 9.86. The zero-order valence-electron chi connectivity index (χ0n) is 16.8. The second-order valence-corrected chi connectivity index (χ2v) is 7.50. The molecule has 0 saturated heterocycles. The van der Waals surface area contributed by atoms with Crippen LogP contribution in [0.2, 0.25) is 0 Å². The summed E-state index contributed by atoms with van der Waals surface area (Å²) < 4.78 is 10.5. The average Bonchev–Trinajstić information content (AvgIpc) is 2.66. The molecule has 2 aromatic rings. The van der Waals surface area contributed by atoms with Crippen molar-refractivity contribution in [1.82, 2.24) is 4.90 Å². The first-order chi connectivity index (χ1) is 12.7. The SMILES string of the molecule is COc1ccc(CN(C)C(=O)C(=O)c2ccc(C(C)(C)C)cc2)c(OC)c1. The Morgan fingerprint density at radius 1 is 0.963 bits per heavy atom. The van der Waals surface area contributed by atoms with E-state index in [9.17, 15) is 9.59 Å². The summed E-state index contributed by atoms with van der Waals surface area (Å²) >= 11 is 0. The van der Waals surface area contributed by atoms with Gasteiger partial charge < -0.3 is 14.4 Å². The maximum Gasteiger partial charge on any atom is 0.295 e. The Balaban J connectivity index is 2.14. The van der Waals surface area contributed by atoms with Crippen molar-refractivity contribution in [3.8, 4) is 11.5 Å². The van der Waals surface area contributed by atoms with Crippen molar-refractivity contribution in [2.75, 3.05) is 21.3 Å². The van der Waals surface area contributed by atoms with Crippen LogP contribution in [0, 0.1) is 0 Å². The minimum Gasteiger partial charge on any atom is -0.497 e. The number of benzene rings is 2. The number of amides is 1. The van der Waals surface area contributed by atoms with Crippen LogP contribution in [0.15, 0.2) is 42.5 Å². The van der Waals surface area contributed by atoms with Crippen molar-refractivity contribution in [3.63, 3.8) is 0 Å². The highest BCUT2D eigenvalue weighted by molar-refractivity contribution is 6.42. The van der Waals surface area contributed by atoms with Gasteiger partial charge in [0, 0.05) is 30.8 Å². The number of hydrogen-bond donors (Lipinski definition) is 0. The normalized spacial score (nSPS) is 11.0. The fraction of sp³-hybridized carbons (Fsp3) is 0.364. The maximum absolute atomic E-state index is 12.6. The molecule has 0 atom stereocenters. The highest BCUT2D eigenvalue weighted by atomic mass is 16.5. The zero-order valence-corrected chi connectivity index (χ0v) is 16.8. The van der Waals surface area contributed by atoms with Crippen LogP contribution in [0.4, 0.5) is 0 Å². The standard InChI is InChI=1S/C22H27NO4/c1-22(2,3)17-10-7-15(8-11-17)20(24)21(25)23(4)14-16-9-12-18(26-5)13-19(16)27-6/h7-13H,14H2,1-6H3. The van der Waals surface area contributed by atoms with E-state index in [2.05, 4.69) is 20.8 Å². The molecule has 5 nitrogen and oxygen atoms in total. The van der Waals surface area contributed by atoms with Gasteiger partial charge >= 0.3 is 0 Å². The van der Waals surface area contributed by atoms with E-state index in [0.29, 0.717) is 17.1 Å². The van der Waals surface area contributed by atoms with Gasteiger partial charge in [-0.1, -0.05) is 45.0 Å². The van der Waals surface area contributed by atoms with E-state index >= 15 is 0 Å². The second-order valence-electron chi connectivity index (χ2n) is 7.50. The summed E-state index contributed by atoms with van der Waals surface area (Å²) in [6.07, 6.45) is 0. The number of nitrogens with zero attached hydrogens (tertiary/aromatic N) is 1. The summed E-state index contributed by atoms with van der Waals surface area (Å²) in [4.78, 5) is 26.5. The van der Waals surface area contributed by atoms with E-state index in [4.69, 9.17) is 9.47 Å². The number of likely N-dealkylation sites (N-methyl/N-ethyl adjacent to an activating group) is 1. The van der Waals surface area contributed by atoms with Gasteiger partial charge in [-0.2, -0.15) is 0 Å². The van der Waals surface area contributed by atoms with E-state index in [0.717, 1.165) is 11.1 Å². The molecule has 0 aliphatic rings. The fourth-order valence-corrected chi connectivity index (χ4v) is 2.73. The monoisotopic (exact) mass is 369 g/mol. The Hall–Kier alpha value is -2.82. The maximum atomic E-state index is 12.6. The lowest BCUT2D eigenvalue weighted by Gasteiger charge is -2.20. The van der Waals surface area contributed by atoms with Crippen LogP contribution >= 0.6 is 0 Å². The van der Waals surface area contributed by atoms with Gasteiger partial charge in [0.05, 0.1) is 14.2 Å². The van der Waals surface area contributed by atoms with Gasteiger partial charge in [0.2, 0.25) is 5.78 Å². The van der Waals surface area contributed by atoms with E-state index in [1.165, 1.54) is 4.90 Å². The molecule has 0 aliphatic heterocycles. The molecule has 0 radical (unpaired) electrons. The number of hydrogen-bond acceptors (Lipinski definition) is 4. The molecule has 0 bridgehead atoms. The Labute approximate surface area is 160 Å².